The van der Waals surface area contributed by atoms with E-state index >= 15 is 0 Å². The Bertz CT molecular complexity index is 752. The molecule has 0 aliphatic carbocycles. The van der Waals surface area contributed by atoms with E-state index < -0.39 is 13.1 Å². The van der Waals surface area contributed by atoms with Crippen molar-refractivity contribution in [1.82, 2.24) is 10.3 Å². The molecular weight excluding hydrogens is 407 g/mol. The molecule has 1 aromatic carbocycles. The van der Waals surface area contributed by atoms with Crippen molar-refractivity contribution in [1.29, 1.82) is 0 Å². The molecule has 0 spiro atoms. The van der Waals surface area contributed by atoms with Crippen LogP contribution >= 0.6 is 0 Å². The number of allylic oxidation sites excluding steroid dienone is 3. The Morgan fingerprint density at radius 3 is 2.44 bits per heavy atom. The highest BCUT2D eigenvalue weighted by Gasteiger charge is 2.25. The molecule has 1 rings (SSSR count). The fourth-order valence-electron chi connectivity index (χ4n) is 2.73. The zero-order valence-electron chi connectivity index (χ0n) is 19.9. The van der Waals surface area contributed by atoms with E-state index in [1.807, 2.05) is 77.1 Å². The minimum Gasteiger partial charge on any atom is -0.499 e. The Morgan fingerprint density at radius 1 is 1.28 bits per heavy atom. The Balaban J connectivity index is 0.00000466. The van der Waals surface area contributed by atoms with Gasteiger partial charge in [0.1, 0.15) is 0 Å². The summed E-state index contributed by atoms with van der Waals surface area (Å²) in [4.78, 5) is 12.3. The van der Waals surface area contributed by atoms with Crippen molar-refractivity contribution < 1.29 is 19.6 Å². The van der Waals surface area contributed by atoms with Crippen LogP contribution < -0.4 is 16.9 Å². The quantitative estimate of drug-likeness (QED) is 0.109. The molecule has 0 saturated heterocycles. The van der Waals surface area contributed by atoms with Crippen molar-refractivity contribution in [3.05, 3.63) is 65.6 Å². The fraction of sp³-hybridized carbons (Fsp3) is 0.435. The molecule has 0 fully saturated rings. The SMILES string of the molecule is C/C=C(\C=C(/C)OCC)C[C@H](NC(=O)CCN(N)/C=C(\N)c1ccccc1)B(O)O.CC. The molecule has 1 aromatic rings. The summed E-state index contributed by atoms with van der Waals surface area (Å²) in [6.07, 6.45) is 5.52. The van der Waals surface area contributed by atoms with Crippen molar-refractivity contribution >= 4 is 18.7 Å². The number of nitrogens with zero attached hydrogens (tertiary/aromatic N) is 1. The summed E-state index contributed by atoms with van der Waals surface area (Å²) in [5, 5.41) is 23.3. The summed E-state index contributed by atoms with van der Waals surface area (Å²) in [7, 11) is -1.70. The van der Waals surface area contributed by atoms with E-state index in [0.29, 0.717) is 18.1 Å². The van der Waals surface area contributed by atoms with Crippen molar-refractivity contribution in [3.63, 3.8) is 0 Å². The standard InChI is InChI=1S/C21H33BN4O4.C2H6/c1-4-17(13-16(3)30-5-2)14-20(22(28)29)25-21(27)11-12-26(24)15-19(23)18-9-7-6-8-10-18;1-2/h4,6-10,13,15,20,28-29H,5,11-12,14,23-24H2,1-3H3,(H,25,27);1-2H3/b16-13+,17-4+,19-15-;/t20-;/m0./s1. The van der Waals surface area contributed by atoms with Crippen molar-refractivity contribution in [2.75, 3.05) is 13.2 Å². The molecule has 32 heavy (non-hydrogen) atoms. The van der Waals surface area contributed by atoms with Gasteiger partial charge in [-0.25, -0.2) is 5.84 Å². The van der Waals surface area contributed by atoms with Crippen LogP contribution in [0.1, 0.15) is 53.0 Å². The number of amides is 1. The molecule has 9 heteroatoms. The number of nitrogens with two attached hydrogens (primary N) is 2. The third kappa shape index (κ3) is 12.2. The largest absolute Gasteiger partial charge is 0.499 e. The second-order valence-electron chi connectivity index (χ2n) is 6.78. The molecule has 0 aliphatic heterocycles. The van der Waals surface area contributed by atoms with Gasteiger partial charge in [-0.15, -0.1) is 0 Å². The summed E-state index contributed by atoms with van der Waals surface area (Å²) >= 11 is 0. The number of rotatable bonds is 12. The van der Waals surface area contributed by atoms with E-state index in [1.54, 1.807) is 6.20 Å². The third-order valence-corrected chi connectivity index (χ3v) is 4.30. The summed E-state index contributed by atoms with van der Waals surface area (Å²) in [6, 6.07) is 9.35. The molecule has 0 radical (unpaired) electrons. The maximum absolute atomic E-state index is 12.3. The lowest BCUT2D eigenvalue weighted by atomic mass is 9.75. The average Bonchev–Trinajstić information content (AvgIpc) is 2.78. The second kappa shape index (κ2) is 16.9. The van der Waals surface area contributed by atoms with Gasteiger partial charge in [0.15, 0.2) is 0 Å². The zero-order valence-corrected chi connectivity index (χ0v) is 19.9. The summed E-state index contributed by atoms with van der Waals surface area (Å²) in [5.41, 5.74) is 8.13. The first kappa shape index (κ1) is 29.3. The summed E-state index contributed by atoms with van der Waals surface area (Å²) in [6.45, 7) is 10.3. The smallest absolute Gasteiger partial charge is 0.475 e. The number of carbonyl (C=O) groups excluding carboxylic acids is 1. The molecule has 0 heterocycles. The van der Waals surface area contributed by atoms with Gasteiger partial charge in [0, 0.05) is 19.2 Å². The molecule has 0 aliphatic rings. The summed E-state index contributed by atoms with van der Waals surface area (Å²) in [5.74, 6) is 5.41. The van der Waals surface area contributed by atoms with Gasteiger partial charge < -0.3 is 30.8 Å². The van der Waals surface area contributed by atoms with Crippen LogP contribution in [0.2, 0.25) is 0 Å². The number of carbonyl (C=O) groups is 1. The number of hydrazine groups is 1. The lowest BCUT2D eigenvalue weighted by molar-refractivity contribution is -0.121. The van der Waals surface area contributed by atoms with Crippen LogP contribution in [-0.4, -0.2) is 47.2 Å². The van der Waals surface area contributed by atoms with Crippen LogP contribution in [0, 0.1) is 0 Å². The molecule has 8 nitrogen and oxygen atoms in total. The van der Waals surface area contributed by atoms with Gasteiger partial charge in [-0.1, -0.05) is 50.3 Å². The van der Waals surface area contributed by atoms with Crippen LogP contribution in [0.5, 0.6) is 0 Å². The Kier molecular flexibility index (Phi) is 15.4. The van der Waals surface area contributed by atoms with Crippen molar-refractivity contribution in [2.45, 2.75) is 53.4 Å². The monoisotopic (exact) mass is 446 g/mol. The Labute approximate surface area is 192 Å². The van der Waals surface area contributed by atoms with Crippen LogP contribution in [0.3, 0.4) is 0 Å². The van der Waals surface area contributed by atoms with Gasteiger partial charge in [-0.05, 0) is 44.4 Å². The van der Waals surface area contributed by atoms with E-state index in [0.717, 1.165) is 11.1 Å². The molecule has 0 saturated carbocycles. The van der Waals surface area contributed by atoms with E-state index in [1.165, 1.54) is 5.01 Å². The first-order chi connectivity index (χ1) is 15.3. The van der Waals surface area contributed by atoms with E-state index in [-0.39, 0.29) is 25.3 Å². The van der Waals surface area contributed by atoms with Gasteiger partial charge in [0.05, 0.1) is 24.0 Å². The molecule has 0 aromatic heterocycles. The molecule has 7 N–H and O–H groups in total. The first-order valence-corrected chi connectivity index (χ1v) is 10.9. The maximum atomic E-state index is 12.3. The average molecular weight is 446 g/mol. The number of hydrogen-bond acceptors (Lipinski definition) is 7. The predicted octanol–water partition coefficient (Wildman–Crippen LogP) is 2.31. The second-order valence-corrected chi connectivity index (χ2v) is 6.78. The van der Waals surface area contributed by atoms with E-state index in [4.69, 9.17) is 16.3 Å². The lowest BCUT2D eigenvalue weighted by Crippen LogP contribution is -2.47. The minimum atomic E-state index is -1.70. The maximum Gasteiger partial charge on any atom is 0.475 e. The topological polar surface area (TPSA) is 134 Å². The number of hydrogen-bond donors (Lipinski definition) is 5. The van der Waals surface area contributed by atoms with Crippen LogP contribution in [0.4, 0.5) is 0 Å². The Morgan fingerprint density at radius 2 is 1.91 bits per heavy atom. The molecule has 0 bridgehead atoms. The normalized spacial score (nSPS) is 12.9. The highest BCUT2D eigenvalue weighted by Crippen LogP contribution is 2.12. The van der Waals surface area contributed by atoms with E-state index in [2.05, 4.69) is 5.32 Å². The molecule has 1 amide bonds. The van der Waals surface area contributed by atoms with Crippen LogP contribution in [-0.2, 0) is 9.53 Å². The predicted molar refractivity (Wildman–Crippen MR) is 131 cm³/mol. The van der Waals surface area contributed by atoms with Gasteiger partial charge in [-0.2, -0.15) is 0 Å². The fourth-order valence-corrected chi connectivity index (χ4v) is 2.73. The first-order valence-electron chi connectivity index (χ1n) is 10.9. The van der Waals surface area contributed by atoms with Gasteiger partial charge in [-0.3, -0.25) is 4.79 Å². The zero-order chi connectivity index (χ0) is 24.5. The van der Waals surface area contributed by atoms with Crippen molar-refractivity contribution in [2.24, 2.45) is 11.6 Å². The minimum absolute atomic E-state index is 0.0667. The lowest BCUT2D eigenvalue weighted by Gasteiger charge is -2.20. The van der Waals surface area contributed by atoms with Crippen LogP contribution in [0.25, 0.3) is 5.70 Å². The highest BCUT2D eigenvalue weighted by molar-refractivity contribution is 6.43. The molecule has 0 unspecified atom stereocenters. The van der Waals surface area contributed by atoms with Gasteiger partial charge in [0.25, 0.3) is 0 Å². The number of ether oxygens (including phenoxy) is 1. The number of nitrogens with one attached hydrogen (secondary N) is 1. The summed E-state index contributed by atoms with van der Waals surface area (Å²) < 4.78 is 5.40. The van der Waals surface area contributed by atoms with E-state index in [9.17, 15) is 14.8 Å². The third-order valence-electron chi connectivity index (χ3n) is 4.30. The molecule has 1 atom stereocenters. The van der Waals surface area contributed by atoms with Gasteiger partial charge in [0.2, 0.25) is 5.91 Å². The molecular formula is C23H39BN4O4. The van der Waals surface area contributed by atoms with Gasteiger partial charge >= 0.3 is 7.12 Å². The Hall–Kier alpha value is -2.75. The van der Waals surface area contributed by atoms with Crippen LogP contribution in [0.15, 0.2) is 60.0 Å². The number of benzene rings is 1. The molecule has 178 valence electrons. The highest BCUT2D eigenvalue weighted by atomic mass is 16.5. The van der Waals surface area contributed by atoms with Crippen molar-refractivity contribution in [3.8, 4) is 0 Å².